The first-order valence-electron chi connectivity index (χ1n) is 18.1. The first-order valence-corrected chi connectivity index (χ1v) is 18.1. The summed E-state index contributed by atoms with van der Waals surface area (Å²) in [5, 5.41) is 15.0. The topological polar surface area (TPSA) is 130 Å². The van der Waals surface area contributed by atoms with Crippen LogP contribution in [0.25, 0.3) is 22.5 Å². The van der Waals surface area contributed by atoms with Crippen molar-refractivity contribution in [3.63, 3.8) is 0 Å². The van der Waals surface area contributed by atoms with Gasteiger partial charge in [0.05, 0.1) is 18.0 Å². The number of hydrogen-bond donors (Lipinski definition) is 3. The smallest absolute Gasteiger partial charge is 0.293 e. The molecule has 2 heterocycles. The van der Waals surface area contributed by atoms with E-state index in [2.05, 4.69) is 67.8 Å². The minimum Gasteiger partial charge on any atom is -0.392 e. The molecule has 9 heteroatoms. The van der Waals surface area contributed by atoms with Crippen LogP contribution in [0.15, 0.2) is 91.3 Å². The summed E-state index contributed by atoms with van der Waals surface area (Å²) < 4.78 is 0. The van der Waals surface area contributed by atoms with Crippen LogP contribution in [0, 0.1) is 48.5 Å². The third-order valence-corrected chi connectivity index (χ3v) is 9.26. The molecule has 0 saturated heterocycles. The minimum absolute atomic E-state index is 0.0302. The number of aromatic nitrogens is 4. The Balaban J connectivity index is 0.000000208. The lowest BCUT2D eigenvalue weighted by molar-refractivity contribution is -0.105. The molecule has 6 rings (SSSR count). The molecule has 6 aromatic rings. The van der Waals surface area contributed by atoms with Crippen molar-refractivity contribution in [1.82, 2.24) is 19.9 Å². The lowest BCUT2D eigenvalue weighted by Crippen LogP contribution is -2.17. The van der Waals surface area contributed by atoms with E-state index in [1.54, 1.807) is 12.3 Å². The largest absolute Gasteiger partial charge is 0.392 e. The van der Waals surface area contributed by atoms with Crippen LogP contribution in [0.5, 0.6) is 0 Å². The van der Waals surface area contributed by atoms with Crippen LogP contribution >= 0.6 is 0 Å². The highest BCUT2D eigenvalue weighted by Gasteiger charge is 2.15. The van der Waals surface area contributed by atoms with E-state index >= 15 is 0 Å². The molecule has 0 spiro atoms. The predicted molar refractivity (Wildman–Crippen MR) is 217 cm³/mol. The lowest BCUT2D eigenvalue weighted by atomic mass is 9.97. The van der Waals surface area contributed by atoms with Crippen LogP contribution in [0.3, 0.4) is 0 Å². The fourth-order valence-corrected chi connectivity index (χ4v) is 6.70. The molecular formula is C45H48N6O3. The van der Waals surface area contributed by atoms with Gasteiger partial charge >= 0.3 is 0 Å². The second kappa shape index (κ2) is 18.1. The summed E-state index contributed by atoms with van der Waals surface area (Å²) in [5.41, 5.74) is 15.3. The van der Waals surface area contributed by atoms with Crippen molar-refractivity contribution in [2.75, 3.05) is 10.6 Å². The molecular weight excluding hydrogens is 673 g/mol. The van der Waals surface area contributed by atoms with Crippen LogP contribution < -0.4 is 10.6 Å². The Labute approximate surface area is 318 Å². The van der Waals surface area contributed by atoms with Gasteiger partial charge in [-0.05, 0) is 130 Å². The number of benzene rings is 4. The van der Waals surface area contributed by atoms with Crippen molar-refractivity contribution in [2.45, 2.75) is 74.3 Å². The van der Waals surface area contributed by atoms with Gasteiger partial charge in [-0.15, -0.1) is 0 Å². The molecule has 9 nitrogen and oxygen atoms in total. The highest BCUT2D eigenvalue weighted by Crippen LogP contribution is 2.26. The first-order chi connectivity index (χ1) is 25.9. The third kappa shape index (κ3) is 10.1. The number of anilines is 2. The van der Waals surface area contributed by atoms with E-state index in [1.165, 1.54) is 22.3 Å². The molecule has 276 valence electrons. The van der Waals surface area contributed by atoms with Crippen molar-refractivity contribution in [3.05, 3.63) is 153 Å². The van der Waals surface area contributed by atoms with Gasteiger partial charge in [0.25, 0.3) is 5.91 Å². The molecule has 2 amide bonds. The van der Waals surface area contributed by atoms with Crippen LogP contribution in [-0.4, -0.2) is 37.4 Å². The van der Waals surface area contributed by atoms with Crippen molar-refractivity contribution in [3.8, 4) is 22.5 Å². The number of aliphatic hydroxyl groups excluding tert-OH is 1. The fourth-order valence-electron chi connectivity index (χ4n) is 6.70. The molecule has 0 atom stereocenters. The van der Waals surface area contributed by atoms with Gasteiger partial charge in [-0.25, -0.2) is 19.9 Å². The Morgan fingerprint density at radius 1 is 0.667 bits per heavy atom. The van der Waals surface area contributed by atoms with Crippen LogP contribution in [0.1, 0.15) is 72.9 Å². The van der Waals surface area contributed by atoms with Crippen LogP contribution in [0.2, 0.25) is 0 Å². The highest BCUT2D eigenvalue weighted by molar-refractivity contribution is 6.02. The molecule has 0 aliphatic carbocycles. The van der Waals surface area contributed by atoms with E-state index in [9.17, 15) is 14.7 Å². The van der Waals surface area contributed by atoms with Crippen molar-refractivity contribution in [1.29, 1.82) is 0 Å². The number of aryl methyl sites for hydroxylation is 9. The van der Waals surface area contributed by atoms with E-state index in [0.717, 1.165) is 87.5 Å². The van der Waals surface area contributed by atoms with E-state index in [0.29, 0.717) is 5.69 Å². The zero-order valence-corrected chi connectivity index (χ0v) is 32.1. The zero-order valence-electron chi connectivity index (χ0n) is 32.1. The van der Waals surface area contributed by atoms with Crippen molar-refractivity contribution < 1.29 is 14.7 Å². The second-order valence-corrected chi connectivity index (χ2v) is 13.7. The third-order valence-electron chi connectivity index (χ3n) is 9.26. The normalized spacial score (nSPS) is 10.7. The monoisotopic (exact) mass is 720 g/mol. The average molecular weight is 721 g/mol. The van der Waals surface area contributed by atoms with E-state index in [4.69, 9.17) is 0 Å². The second-order valence-electron chi connectivity index (χ2n) is 13.7. The number of amides is 2. The summed E-state index contributed by atoms with van der Waals surface area (Å²) in [6, 6.07) is 26.4. The van der Waals surface area contributed by atoms with Gasteiger partial charge in [0.1, 0.15) is 5.82 Å². The molecule has 0 bridgehead atoms. The molecule has 0 unspecified atom stereocenters. The number of aliphatic hydroxyl groups is 1. The van der Waals surface area contributed by atoms with E-state index < -0.39 is 0 Å². The molecule has 54 heavy (non-hydrogen) atoms. The summed E-state index contributed by atoms with van der Waals surface area (Å²) in [4.78, 5) is 40.6. The number of nitrogens with one attached hydrogen (secondary N) is 2. The Morgan fingerprint density at radius 2 is 1.30 bits per heavy atom. The Morgan fingerprint density at radius 3 is 1.94 bits per heavy atom. The lowest BCUT2D eigenvalue weighted by Gasteiger charge is -2.13. The molecule has 0 radical (unpaired) electrons. The Hall–Kier alpha value is -6.06. The minimum atomic E-state index is -0.359. The number of nitrogens with zero attached hydrogens (tertiary/aromatic N) is 4. The molecule has 3 N–H and O–H groups in total. The maximum atomic E-state index is 12.6. The summed E-state index contributed by atoms with van der Waals surface area (Å²) in [5.74, 6) is 0.553. The maximum absolute atomic E-state index is 12.6. The maximum Gasteiger partial charge on any atom is 0.293 e. The molecule has 0 fully saturated rings. The first kappa shape index (κ1) is 39.2. The molecule has 4 aromatic carbocycles. The van der Waals surface area contributed by atoms with Gasteiger partial charge in [-0.1, -0.05) is 66.2 Å². The van der Waals surface area contributed by atoms with E-state index in [1.807, 2.05) is 90.2 Å². The van der Waals surface area contributed by atoms with Gasteiger partial charge in [0, 0.05) is 34.9 Å². The molecule has 0 saturated carbocycles. The quantitative estimate of drug-likeness (QED) is 0.114. The van der Waals surface area contributed by atoms with Crippen LogP contribution in [0.4, 0.5) is 11.4 Å². The number of carbonyl (C=O) groups excluding carboxylic acids is 2. The summed E-state index contributed by atoms with van der Waals surface area (Å²) >= 11 is 0. The van der Waals surface area contributed by atoms with Gasteiger partial charge in [-0.3, -0.25) is 9.59 Å². The van der Waals surface area contributed by atoms with Gasteiger partial charge in [-0.2, -0.15) is 0 Å². The number of rotatable bonds is 11. The summed E-state index contributed by atoms with van der Waals surface area (Å²) in [7, 11) is 0. The van der Waals surface area contributed by atoms with Crippen molar-refractivity contribution >= 4 is 23.7 Å². The molecule has 0 aliphatic heterocycles. The highest BCUT2D eigenvalue weighted by atomic mass is 16.3. The Kier molecular flexibility index (Phi) is 13.1. The summed E-state index contributed by atoms with van der Waals surface area (Å²) in [6.45, 7) is 13.9. The van der Waals surface area contributed by atoms with Gasteiger partial charge in [0.15, 0.2) is 0 Å². The SMILES string of the molecule is Cc1cccc(-c2ccnc(C(=O)Nc3c(C)cc(CO)cc3C)n2)c1.Cc1nccc(-c2ccc(CCCc3cc(C)c(NC=O)c(C)c3)cc2C)n1. The molecule has 2 aromatic heterocycles. The number of hydrogen-bond acceptors (Lipinski definition) is 7. The van der Waals surface area contributed by atoms with Crippen LogP contribution in [-0.2, 0) is 24.2 Å². The standard InChI is InChI=1S/C24H27N3O.C21H21N3O2/c1-16-12-20(8-9-22(16)23-10-11-25-19(4)27-23)6-5-7-21-13-17(2)24(26-15-28)18(3)14-21;1-13-5-4-6-17(9-13)18-7-8-22-20(23-18)21(26)24-19-14(2)10-16(12-25)11-15(19)3/h8-15H,5-7H2,1-4H3,(H,26,28);4-11,25H,12H2,1-3H3,(H,24,26). The van der Waals surface area contributed by atoms with Gasteiger partial charge in [0.2, 0.25) is 12.2 Å². The summed E-state index contributed by atoms with van der Waals surface area (Å²) in [6.07, 6.45) is 7.29. The van der Waals surface area contributed by atoms with Crippen molar-refractivity contribution in [2.24, 2.45) is 0 Å². The molecule has 0 aliphatic rings. The zero-order chi connectivity index (χ0) is 38.8. The predicted octanol–water partition coefficient (Wildman–Crippen LogP) is 8.93. The van der Waals surface area contributed by atoms with Gasteiger partial charge < -0.3 is 15.7 Å². The Bertz CT molecular complexity index is 2240. The van der Waals surface area contributed by atoms with E-state index in [-0.39, 0.29) is 18.3 Å². The fraction of sp³-hybridized carbons (Fsp3) is 0.244. The average Bonchev–Trinajstić information content (AvgIpc) is 3.15. The number of carbonyl (C=O) groups is 2.